The van der Waals surface area contributed by atoms with Gasteiger partial charge in [-0.3, -0.25) is 0 Å². The van der Waals surface area contributed by atoms with E-state index in [0.717, 1.165) is 71.9 Å². The Morgan fingerprint density at radius 1 is 0.383 bits per heavy atom. The number of benzene rings is 8. The van der Waals surface area contributed by atoms with Crippen LogP contribution in [0.3, 0.4) is 0 Å². The minimum Gasteiger partial charge on any atom is -0.309 e. The van der Waals surface area contributed by atoms with Crippen molar-refractivity contribution in [3.63, 3.8) is 0 Å². The molecule has 0 fully saturated rings. The van der Waals surface area contributed by atoms with Gasteiger partial charge in [0.05, 0.1) is 45.1 Å². The minimum atomic E-state index is 0.351. The molecule has 0 bridgehead atoms. The van der Waals surface area contributed by atoms with Crippen LogP contribution in [0.5, 0.6) is 0 Å². The maximum Gasteiger partial charge on any atom is 0.160 e. The van der Waals surface area contributed by atoms with Crippen LogP contribution in [0.15, 0.2) is 194 Å². The maximum absolute atomic E-state index is 10.9. The summed E-state index contributed by atoms with van der Waals surface area (Å²) in [5.41, 5.74) is 12.4. The molecule has 6 heteroatoms. The second-order valence-corrected chi connectivity index (χ2v) is 14.8. The predicted octanol–water partition coefficient (Wildman–Crippen LogP) is 13.1. The highest BCUT2D eigenvalue weighted by molar-refractivity contribution is 6.22. The molecule has 3 heterocycles. The van der Waals surface area contributed by atoms with Crippen LogP contribution in [0.2, 0.25) is 0 Å². The number of rotatable bonds is 6. The standard InChI is InChI=1S/C54H32N6/c55-33-38-30-37(53-46(34-56)52(35-16-5-1-6-17-35)57-54(58-53)36-18-7-2-8-19-36)28-29-41(38)43-25-15-27-48-51(43)45-31-44-42-24-13-14-26-47(42)59(39-20-9-3-10-21-39)49(44)32-50(45)60(48)40-22-11-4-12-23-40/h1-32H. The van der Waals surface area contributed by atoms with Gasteiger partial charge in [-0.15, -0.1) is 0 Å². The van der Waals surface area contributed by atoms with Crippen molar-refractivity contribution in [1.29, 1.82) is 10.5 Å². The lowest BCUT2D eigenvalue weighted by atomic mass is 9.92. The molecule has 11 rings (SSSR count). The Balaban J connectivity index is 1.17. The summed E-state index contributed by atoms with van der Waals surface area (Å²) in [5.74, 6) is 0.504. The van der Waals surface area contributed by atoms with E-state index in [2.05, 4.69) is 124 Å². The van der Waals surface area contributed by atoms with E-state index in [1.165, 1.54) is 5.39 Å². The van der Waals surface area contributed by atoms with Crippen molar-refractivity contribution in [2.24, 2.45) is 0 Å². The minimum absolute atomic E-state index is 0.351. The summed E-state index contributed by atoms with van der Waals surface area (Å²) in [6, 6.07) is 70.8. The average Bonchev–Trinajstić information content (AvgIpc) is 3.83. The van der Waals surface area contributed by atoms with Crippen LogP contribution in [-0.2, 0) is 0 Å². The molecule has 8 aromatic carbocycles. The zero-order chi connectivity index (χ0) is 40.2. The first kappa shape index (κ1) is 34.7. The highest BCUT2D eigenvalue weighted by atomic mass is 15.0. The van der Waals surface area contributed by atoms with E-state index in [9.17, 15) is 10.5 Å². The molecule has 0 saturated carbocycles. The smallest absolute Gasteiger partial charge is 0.160 e. The van der Waals surface area contributed by atoms with Gasteiger partial charge in [0.1, 0.15) is 11.6 Å². The highest BCUT2D eigenvalue weighted by Gasteiger charge is 2.23. The Morgan fingerprint density at radius 3 is 1.62 bits per heavy atom. The second kappa shape index (κ2) is 14.1. The van der Waals surface area contributed by atoms with E-state index >= 15 is 0 Å². The summed E-state index contributed by atoms with van der Waals surface area (Å²) in [6.07, 6.45) is 0. The normalized spacial score (nSPS) is 11.3. The van der Waals surface area contributed by atoms with Gasteiger partial charge in [-0.2, -0.15) is 10.5 Å². The Kier molecular flexibility index (Phi) is 8.15. The molecule has 0 aliphatic heterocycles. The third-order valence-corrected chi connectivity index (χ3v) is 11.4. The third-order valence-electron chi connectivity index (χ3n) is 11.4. The second-order valence-electron chi connectivity index (χ2n) is 14.8. The molecule has 0 amide bonds. The number of hydrogen-bond acceptors (Lipinski definition) is 4. The summed E-state index contributed by atoms with van der Waals surface area (Å²) >= 11 is 0. The van der Waals surface area contributed by atoms with E-state index in [4.69, 9.17) is 9.97 Å². The van der Waals surface area contributed by atoms with Crippen molar-refractivity contribution in [2.75, 3.05) is 0 Å². The van der Waals surface area contributed by atoms with Crippen LogP contribution < -0.4 is 0 Å². The summed E-state index contributed by atoms with van der Waals surface area (Å²) in [4.78, 5) is 9.93. The molecule has 0 spiro atoms. The Labute approximate surface area is 345 Å². The van der Waals surface area contributed by atoms with Crippen LogP contribution in [0.1, 0.15) is 11.1 Å². The summed E-state index contributed by atoms with van der Waals surface area (Å²) in [7, 11) is 0. The van der Waals surface area contributed by atoms with Gasteiger partial charge in [-0.05, 0) is 60.2 Å². The summed E-state index contributed by atoms with van der Waals surface area (Å²) < 4.78 is 4.68. The van der Waals surface area contributed by atoms with E-state index in [0.29, 0.717) is 33.9 Å². The number of hydrogen-bond donors (Lipinski definition) is 0. The molecule has 6 nitrogen and oxygen atoms in total. The molecule has 3 aromatic heterocycles. The molecule has 0 saturated heterocycles. The number of nitriles is 2. The molecule has 0 atom stereocenters. The molecule has 0 aliphatic carbocycles. The van der Waals surface area contributed by atoms with E-state index < -0.39 is 0 Å². The van der Waals surface area contributed by atoms with Crippen molar-refractivity contribution in [3.8, 4) is 68.5 Å². The third kappa shape index (κ3) is 5.48. The largest absolute Gasteiger partial charge is 0.309 e. The zero-order valence-corrected chi connectivity index (χ0v) is 32.2. The fourth-order valence-electron chi connectivity index (χ4n) is 8.78. The van der Waals surface area contributed by atoms with Crippen molar-refractivity contribution in [2.45, 2.75) is 0 Å². The van der Waals surface area contributed by atoms with Crippen LogP contribution in [0.25, 0.3) is 100 Å². The lowest BCUT2D eigenvalue weighted by Gasteiger charge is -2.14. The SMILES string of the molecule is N#Cc1cc(-c2nc(-c3ccccc3)nc(-c3ccccc3)c2C#N)ccc1-c1cccc2c1c1cc3c4ccccc4n(-c4ccccc4)c3cc1n2-c1ccccc1. The fraction of sp³-hybridized carbons (Fsp3) is 0. The quantitative estimate of drug-likeness (QED) is 0.169. The lowest BCUT2D eigenvalue weighted by molar-refractivity contribution is 1.16. The maximum atomic E-state index is 10.9. The first-order valence-corrected chi connectivity index (χ1v) is 19.8. The number of fused-ring (bicyclic) bond motifs is 6. The lowest BCUT2D eigenvalue weighted by Crippen LogP contribution is -2.01. The molecule has 0 aliphatic rings. The summed E-state index contributed by atoms with van der Waals surface area (Å²) in [6.45, 7) is 0. The van der Waals surface area contributed by atoms with Gasteiger partial charge in [0.25, 0.3) is 0 Å². The number of para-hydroxylation sites is 3. The van der Waals surface area contributed by atoms with E-state index in [-0.39, 0.29) is 0 Å². The van der Waals surface area contributed by atoms with E-state index in [1.807, 2.05) is 91.0 Å². The van der Waals surface area contributed by atoms with Crippen molar-refractivity contribution >= 4 is 43.6 Å². The van der Waals surface area contributed by atoms with Gasteiger partial charge in [0, 0.05) is 55.2 Å². The van der Waals surface area contributed by atoms with Gasteiger partial charge >= 0.3 is 0 Å². The molecular formula is C54H32N6. The topological polar surface area (TPSA) is 83.2 Å². The Bertz CT molecular complexity index is 3540. The molecule has 0 N–H and O–H groups in total. The van der Waals surface area contributed by atoms with Gasteiger partial charge in [0.2, 0.25) is 0 Å². The van der Waals surface area contributed by atoms with Gasteiger partial charge < -0.3 is 9.13 Å². The zero-order valence-electron chi connectivity index (χ0n) is 32.2. The molecule has 11 aromatic rings. The molecular weight excluding hydrogens is 733 g/mol. The van der Waals surface area contributed by atoms with Crippen LogP contribution in [-0.4, -0.2) is 19.1 Å². The van der Waals surface area contributed by atoms with Crippen molar-refractivity contribution < 1.29 is 0 Å². The van der Waals surface area contributed by atoms with Gasteiger partial charge in [-0.25, -0.2) is 9.97 Å². The molecule has 278 valence electrons. The average molecular weight is 765 g/mol. The number of nitrogens with zero attached hydrogens (tertiary/aromatic N) is 6. The molecule has 0 unspecified atom stereocenters. The summed E-state index contributed by atoms with van der Waals surface area (Å²) in [5, 5.41) is 26.0. The highest BCUT2D eigenvalue weighted by Crippen LogP contribution is 2.44. The molecule has 60 heavy (non-hydrogen) atoms. The number of aromatic nitrogens is 4. The van der Waals surface area contributed by atoms with Crippen LogP contribution in [0, 0.1) is 22.7 Å². The van der Waals surface area contributed by atoms with Gasteiger partial charge in [0.15, 0.2) is 5.82 Å². The van der Waals surface area contributed by atoms with Gasteiger partial charge in [-0.1, -0.05) is 140 Å². The first-order chi connectivity index (χ1) is 29.7. The first-order valence-electron chi connectivity index (χ1n) is 19.8. The molecule has 0 radical (unpaired) electrons. The van der Waals surface area contributed by atoms with Crippen molar-refractivity contribution in [3.05, 3.63) is 205 Å². The monoisotopic (exact) mass is 764 g/mol. The predicted molar refractivity (Wildman–Crippen MR) is 242 cm³/mol. The Hall–Kier alpha value is -8.58. The Morgan fingerprint density at radius 2 is 0.950 bits per heavy atom. The van der Waals surface area contributed by atoms with Crippen LogP contribution >= 0.6 is 0 Å². The van der Waals surface area contributed by atoms with Crippen LogP contribution in [0.4, 0.5) is 0 Å². The fourth-order valence-corrected chi connectivity index (χ4v) is 8.78. The van der Waals surface area contributed by atoms with Crippen molar-refractivity contribution in [1.82, 2.24) is 19.1 Å². The van der Waals surface area contributed by atoms with E-state index in [1.54, 1.807) is 0 Å².